The smallest absolute Gasteiger partial charge is 0.403 e. The zero-order chi connectivity index (χ0) is 25.9. The zero-order valence-corrected chi connectivity index (χ0v) is 22.1. The van der Waals surface area contributed by atoms with E-state index in [-0.39, 0.29) is 40.0 Å². The third-order valence-electron chi connectivity index (χ3n) is 5.36. The number of hydrogen-bond acceptors (Lipinski definition) is 9. The van der Waals surface area contributed by atoms with Gasteiger partial charge in [-0.15, -0.1) is 16.1 Å². The van der Waals surface area contributed by atoms with Crippen LogP contribution in [0.2, 0.25) is 0 Å². The highest BCUT2D eigenvalue weighted by atomic mass is 32.2. The van der Waals surface area contributed by atoms with Gasteiger partial charge in [0.2, 0.25) is 14.2 Å². The van der Waals surface area contributed by atoms with Gasteiger partial charge in [-0.1, -0.05) is 38.1 Å². The number of rotatable bonds is 10. The monoisotopic (exact) mass is 529 g/mol. The second kappa shape index (κ2) is 10.7. The van der Waals surface area contributed by atoms with Gasteiger partial charge in [0.15, 0.2) is 5.69 Å². The Balaban J connectivity index is 1.71. The highest BCUT2D eigenvalue weighted by Gasteiger charge is 2.31. The number of hydrogen-bond donors (Lipinski definition) is 0. The molecule has 0 amide bonds. The van der Waals surface area contributed by atoms with Crippen molar-refractivity contribution in [1.82, 2.24) is 9.97 Å². The molecule has 2 heterocycles. The van der Waals surface area contributed by atoms with Crippen LogP contribution in [0, 0.1) is 11.1 Å². The van der Waals surface area contributed by atoms with E-state index in [2.05, 4.69) is 9.97 Å². The van der Waals surface area contributed by atoms with Crippen molar-refractivity contribution in [1.29, 1.82) is 0 Å². The number of benzene rings is 2. The number of methoxy groups -OCH3 is 2. The number of aromatic nitrogens is 3. The van der Waals surface area contributed by atoms with Crippen molar-refractivity contribution in [2.75, 3.05) is 14.2 Å². The summed E-state index contributed by atoms with van der Waals surface area (Å²) in [6, 6.07) is 14.5. The van der Waals surface area contributed by atoms with Crippen LogP contribution in [0.15, 0.2) is 52.9 Å². The molecule has 0 saturated heterocycles. The highest BCUT2D eigenvalue weighted by Crippen LogP contribution is 2.30. The normalized spacial score (nSPS) is 11.7. The van der Waals surface area contributed by atoms with Crippen LogP contribution in [-0.4, -0.2) is 32.6 Å². The van der Waals surface area contributed by atoms with Crippen molar-refractivity contribution < 1.29 is 27.4 Å². The lowest BCUT2D eigenvalue weighted by Crippen LogP contribution is -2.37. The molecule has 190 valence electrons. The molecule has 0 fully saturated rings. The van der Waals surface area contributed by atoms with Crippen LogP contribution in [0.1, 0.15) is 30.8 Å². The summed E-state index contributed by atoms with van der Waals surface area (Å²) >= 11 is 1.07. The maximum atomic E-state index is 13.3. The molecule has 36 heavy (non-hydrogen) atoms. The molecule has 0 aliphatic rings. The van der Waals surface area contributed by atoms with E-state index in [1.165, 1.54) is 7.11 Å². The Hall–Kier alpha value is -3.44. The molecule has 11 heteroatoms. The van der Waals surface area contributed by atoms with E-state index >= 15 is 0 Å². The van der Waals surface area contributed by atoms with E-state index in [0.717, 1.165) is 21.6 Å². The van der Waals surface area contributed by atoms with Crippen molar-refractivity contribution >= 4 is 31.4 Å². The van der Waals surface area contributed by atoms with E-state index in [1.54, 1.807) is 31.4 Å². The molecule has 0 bridgehead atoms. The Labute approximate surface area is 213 Å². The molecular weight excluding hydrogens is 502 g/mol. The summed E-state index contributed by atoms with van der Waals surface area (Å²) in [7, 11) is -1.01. The topological polar surface area (TPSA) is 115 Å². The standard InChI is InChI=1S/C25H27N3O6S2/c1-16(2)13-21-23(34-14-17-9-11-18(32-3)12-10-17)26-20(24(33-4)28(21)29)15-36(30,31)25-27-19-7-5-6-8-22(19)35-25/h5-12,16H,13-15H2,1-4H3. The molecule has 2 aromatic carbocycles. The first-order valence-electron chi connectivity index (χ1n) is 11.2. The fraction of sp³-hybridized carbons (Fsp3) is 0.320. The fourth-order valence-corrected chi connectivity index (χ4v) is 6.19. The molecule has 2 aromatic heterocycles. The third-order valence-corrected chi connectivity index (χ3v) is 8.48. The van der Waals surface area contributed by atoms with Gasteiger partial charge in [-0.2, -0.15) is 0 Å². The maximum Gasteiger partial charge on any atom is 0.403 e. The molecule has 0 unspecified atom stereocenters. The number of fused-ring (bicyclic) bond motifs is 1. The Morgan fingerprint density at radius 1 is 1.03 bits per heavy atom. The minimum absolute atomic E-state index is 0.0380. The van der Waals surface area contributed by atoms with Gasteiger partial charge < -0.3 is 19.4 Å². The van der Waals surface area contributed by atoms with Gasteiger partial charge in [-0.25, -0.2) is 18.4 Å². The second-order valence-corrected chi connectivity index (χ2v) is 11.7. The van der Waals surface area contributed by atoms with Crippen LogP contribution >= 0.6 is 11.3 Å². The van der Waals surface area contributed by atoms with Gasteiger partial charge >= 0.3 is 5.88 Å². The lowest BCUT2D eigenvalue weighted by Gasteiger charge is -2.16. The van der Waals surface area contributed by atoms with Gasteiger partial charge in [-0.05, 0) is 35.7 Å². The average Bonchev–Trinajstić information content (AvgIpc) is 3.30. The van der Waals surface area contributed by atoms with Crippen LogP contribution in [-0.2, 0) is 28.6 Å². The van der Waals surface area contributed by atoms with Crippen LogP contribution in [0.4, 0.5) is 0 Å². The molecular formula is C25H27N3O6S2. The summed E-state index contributed by atoms with van der Waals surface area (Å²) in [4.78, 5) is 8.74. The zero-order valence-electron chi connectivity index (χ0n) is 20.4. The van der Waals surface area contributed by atoms with Crippen LogP contribution in [0.5, 0.6) is 17.5 Å². The Kier molecular flexibility index (Phi) is 7.60. The molecule has 0 radical (unpaired) electrons. The highest BCUT2D eigenvalue weighted by molar-refractivity contribution is 7.92. The predicted octanol–water partition coefficient (Wildman–Crippen LogP) is 4.09. The van der Waals surface area contributed by atoms with E-state index in [1.807, 2.05) is 38.1 Å². The minimum atomic E-state index is -3.91. The van der Waals surface area contributed by atoms with Crippen molar-refractivity contribution in [3.8, 4) is 17.5 Å². The van der Waals surface area contributed by atoms with Crippen molar-refractivity contribution in [2.45, 2.75) is 37.0 Å². The third kappa shape index (κ3) is 5.52. The van der Waals surface area contributed by atoms with Crippen LogP contribution < -0.4 is 18.9 Å². The van der Waals surface area contributed by atoms with E-state index in [9.17, 15) is 13.6 Å². The predicted molar refractivity (Wildman–Crippen MR) is 136 cm³/mol. The molecule has 0 aliphatic carbocycles. The van der Waals surface area contributed by atoms with Crippen molar-refractivity contribution in [2.24, 2.45) is 5.92 Å². The molecule has 0 spiro atoms. The number of thiazole rings is 1. The van der Waals surface area contributed by atoms with Crippen LogP contribution in [0.3, 0.4) is 0 Å². The first kappa shape index (κ1) is 25.6. The van der Waals surface area contributed by atoms with E-state index in [0.29, 0.717) is 22.4 Å². The quantitative estimate of drug-likeness (QED) is 0.223. The van der Waals surface area contributed by atoms with Gasteiger partial charge in [0.05, 0.1) is 24.4 Å². The fourth-order valence-electron chi connectivity index (χ4n) is 3.63. The van der Waals surface area contributed by atoms with Crippen molar-refractivity contribution in [3.05, 3.63) is 70.7 Å². The first-order valence-corrected chi connectivity index (χ1v) is 13.7. The van der Waals surface area contributed by atoms with Gasteiger partial charge in [-0.3, -0.25) is 0 Å². The number of nitrogens with zero attached hydrogens (tertiary/aromatic N) is 3. The Morgan fingerprint density at radius 3 is 2.39 bits per heavy atom. The summed E-state index contributed by atoms with van der Waals surface area (Å²) in [6.07, 6.45) is 0.371. The lowest BCUT2D eigenvalue weighted by molar-refractivity contribution is -0.622. The molecule has 0 N–H and O–H groups in total. The molecule has 4 rings (SSSR count). The van der Waals surface area contributed by atoms with Crippen LogP contribution in [0.25, 0.3) is 10.2 Å². The molecule has 4 aromatic rings. The Bertz CT molecular complexity index is 1430. The first-order chi connectivity index (χ1) is 17.2. The number of ether oxygens (including phenoxy) is 3. The van der Waals surface area contributed by atoms with Gasteiger partial charge in [0, 0.05) is 6.42 Å². The maximum absolute atomic E-state index is 13.3. The minimum Gasteiger partial charge on any atom is -0.616 e. The molecule has 0 saturated carbocycles. The lowest BCUT2D eigenvalue weighted by atomic mass is 10.1. The van der Waals surface area contributed by atoms with Gasteiger partial charge in [0.25, 0.3) is 11.6 Å². The summed E-state index contributed by atoms with van der Waals surface area (Å²) < 4.78 is 44.3. The van der Waals surface area contributed by atoms with E-state index in [4.69, 9.17) is 14.2 Å². The second-order valence-electron chi connectivity index (χ2n) is 8.56. The summed E-state index contributed by atoms with van der Waals surface area (Å²) in [5.41, 5.74) is 1.67. The summed E-state index contributed by atoms with van der Waals surface area (Å²) in [5, 5.41) is 13.3. The largest absolute Gasteiger partial charge is 0.616 e. The molecule has 0 atom stereocenters. The summed E-state index contributed by atoms with van der Waals surface area (Å²) in [6.45, 7) is 4.06. The number of para-hydroxylation sites is 1. The molecule has 0 aliphatic heterocycles. The summed E-state index contributed by atoms with van der Waals surface area (Å²) in [5.74, 6) is 0.176. The number of sulfone groups is 1. The Morgan fingerprint density at radius 2 is 1.75 bits per heavy atom. The van der Waals surface area contributed by atoms with Gasteiger partial charge in [0.1, 0.15) is 18.1 Å². The average molecular weight is 530 g/mol. The molecule has 9 nitrogen and oxygen atoms in total. The van der Waals surface area contributed by atoms with E-state index < -0.39 is 15.6 Å². The van der Waals surface area contributed by atoms with Crippen molar-refractivity contribution in [3.63, 3.8) is 0 Å². The SMILES string of the molecule is COc1ccc(COc2nc(CS(=O)(=O)c3nc4ccccc4s3)c(OC)[n+]([O-])c2CC(C)C)cc1.